The highest BCUT2D eigenvalue weighted by molar-refractivity contribution is 6.35. The van der Waals surface area contributed by atoms with Crippen molar-refractivity contribution in [3.8, 4) is 0 Å². The molecule has 0 bridgehead atoms. The molecule has 0 radical (unpaired) electrons. The Bertz CT molecular complexity index is 743. The second-order valence-electron chi connectivity index (χ2n) is 6.49. The molecule has 2 heterocycles. The molecule has 2 aromatic rings. The van der Waals surface area contributed by atoms with Gasteiger partial charge in [0.05, 0.1) is 12.3 Å². The van der Waals surface area contributed by atoms with Crippen LogP contribution in [-0.2, 0) is 22.6 Å². The zero-order valence-corrected chi connectivity index (χ0v) is 15.0. The molecule has 1 atom stereocenters. The van der Waals surface area contributed by atoms with E-state index in [1.54, 1.807) is 6.26 Å². The summed E-state index contributed by atoms with van der Waals surface area (Å²) in [6.45, 7) is 4.43. The van der Waals surface area contributed by atoms with Crippen LogP contribution in [0.5, 0.6) is 0 Å². The Kier molecular flexibility index (Phi) is 6.07. The molecule has 2 N–H and O–H groups in total. The molecule has 138 valence electrons. The molecule has 1 aliphatic heterocycles. The minimum atomic E-state index is -0.604. The third-order valence-corrected chi connectivity index (χ3v) is 4.67. The number of nitrogens with zero attached hydrogens (tertiary/aromatic N) is 1. The first-order chi connectivity index (χ1) is 12.7. The summed E-state index contributed by atoms with van der Waals surface area (Å²) in [7, 11) is 0. The number of benzene rings is 1. The van der Waals surface area contributed by atoms with Crippen LogP contribution in [0.1, 0.15) is 36.3 Å². The van der Waals surface area contributed by atoms with Gasteiger partial charge in [0.1, 0.15) is 5.76 Å². The maximum Gasteiger partial charge on any atom is 0.309 e. The first-order valence-corrected chi connectivity index (χ1v) is 9.09. The van der Waals surface area contributed by atoms with E-state index in [9.17, 15) is 9.59 Å². The third-order valence-electron chi connectivity index (χ3n) is 4.67. The average Bonchev–Trinajstić information content (AvgIpc) is 3.20. The minimum Gasteiger partial charge on any atom is -0.468 e. The van der Waals surface area contributed by atoms with Gasteiger partial charge in [0.2, 0.25) is 0 Å². The number of fused-ring (bicyclic) bond motifs is 1. The number of nitrogens with one attached hydrogen (secondary N) is 2. The summed E-state index contributed by atoms with van der Waals surface area (Å²) < 4.78 is 5.60. The molecule has 0 saturated heterocycles. The summed E-state index contributed by atoms with van der Waals surface area (Å²) in [4.78, 5) is 26.1. The summed E-state index contributed by atoms with van der Waals surface area (Å²) in [5.41, 5.74) is 2.66. The summed E-state index contributed by atoms with van der Waals surface area (Å²) >= 11 is 0. The van der Waals surface area contributed by atoms with Gasteiger partial charge in [-0.2, -0.15) is 0 Å². The van der Waals surface area contributed by atoms with Gasteiger partial charge in [0.15, 0.2) is 0 Å². The number of hydrogen-bond acceptors (Lipinski definition) is 4. The van der Waals surface area contributed by atoms with Crippen molar-refractivity contribution in [2.24, 2.45) is 0 Å². The van der Waals surface area contributed by atoms with Gasteiger partial charge in [-0.15, -0.1) is 0 Å². The molecule has 0 aliphatic carbocycles. The molecule has 26 heavy (non-hydrogen) atoms. The fraction of sp³-hybridized carbons (Fsp3) is 0.400. The van der Waals surface area contributed by atoms with E-state index in [1.807, 2.05) is 25.1 Å². The highest BCUT2D eigenvalue weighted by Crippen LogP contribution is 2.27. The van der Waals surface area contributed by atoms with Crippen molar-refractivity contribution in [2.45, 2.75) is 32.4 Å². The lowest BCUT2D eigenvalue weighted by atomic mass is 9.98. The fourth-order valence-corrected chi connectivity index (χ4v) is 3.26. The standard InChI is InChI=1S/C20H25N3O3/c1-2-10-21-19(24)20(25)22-13-17(18-8-5-12-26-18)23-11-9-15-6-3-4-7-16(15)14-23/h3-8,12,17H,2,9-11,13-14H2,1H3,(H,21,24)(H,22,25)/t17-/m1/s1. The fourth-order valence-electron chi connectivity index (χ4n) is 3.26. The van der Waals surface area contributed by atoms with Crippen molar-refractivity contribution in [3.05, 3.63) is 59.5 Å². The Morgan fingerprint density at radius 2 is 1.88 bits per heavy atom. The van der Waals surface area contributed by atoms with Gasteiger partial charge < -0.3 is 15.1 Å². The van der Waals surface area contributed by atoms with Gasteiger partial charge in [-0.1, -0.05) is 31.2 Å². The van der Waals surface area contributed by atoms with Gasteiger partial charge in [-0.3, -0.25) is 14.5 Å². The zero-order chi connectivity index (χ0) is 18.4. The Hall–Kier alpha value is -2.60. The maximum absolute atomic E-state index is 12.0. The van der Waals surface area contributed by atoms with Crippen molar-refractivity contribution < 1.29 is 14.0 Å². The predicted molar refractivity (Wildman–Crippen MR) is 98.3 cm³/mol. The van der Waals surface area contributed by atoms with Crippen LogP contribution < -0.4 is 10.6 Å². The van der Waals surface area contributed by atoms with Crippen molar-refractivity contribution in [1.82, 2.24) is 15.5 Å². The topological polar surface area (TPSA) is 74.6 Å². The van der Waals surface area contributed by atoms with Gasteiger partial charge in [-0.25, -0.2) is 0 Å². The lowest BCUT2D eigenvalue weighted by Crippen LogP contribution is -2.45. The Balaban J connectivity index is 1.67. The van der Waals surface area contributed by atoms with Crippen LogP contribution in [0.2, 0.25) is 0 Å². The monoisotopic (exact) mass is 355 g/mol. The van der Waals surface area contributed by atoms with E-state index in [-0.39, 0.29) is 6.04 Å². The van der Waals surface area contributed by atoms with Crippen LogP contribution in [0.25, 0.3) is 0 Å². The number of amides is 2. The van der Waals surface area contributed by atoms with Crippen molar-refractivity contribution in [1.29, 1.82) is 0 Å². The molecule has 2 amide bonds. The predicted octanol–water partition coefficient (Wildman–Crippen LogP) is 2.02. The van der Waals surface area contributed by atoms with E-state index < -0.39 is 11.8 Å². The number of hydrogen-bond donors (Lipinski definition) is 2. The highest BCUT2D eigenvalue weighted by Gasteiger charge is 2.27. The molecule has 0 saturated carbocycles. The largest absolute Gasteiger partial charge is 0.468 e. The molecule has 6 nitrogen and oxygen atoms in total. The molecule has 6 heteroatoms. The third kappa shape index (κ3) is 4.32. The molecular formula is C20H25N3O3. The Morgan fingerprint density at radius 1 is 1.12 bits per heavy atom. The zero-order valence-electron chi connectivity index (χ0n) is 15.0. The van der Waals surface area contributed by atoms with Crippen LogP contribution in [-0.4, -0.2) is 36.3 Å². The number of rotatable bonds is 6. The lowest BCUT2D eigenvalue weighted by molar-refractivity contribution is -0.139. The minimum absolute atomic E-state index is 0.110. The molecule has 0 fully saturated rings. The van der Waals surface area contributed by atoms with E-state index >= 15 is 0 Å². The maximum atomic E-state index is 12.0. The van der Waals surface area contributed by atoms with Gasteiger partial charge in [0.25, 0.3) is 0 Å². The van der Waals surface area contributed by atoms with Crippen LogP contribution in [0.15, 0.2) is 47.1 Å². The van der Waals surface area contributed by atoms with E-state index in [1.165, 1.54) is 11.1 Å². The molecule has 1 aliphatic rings. The second kappa shape index (κ2) is 8.67. The lowest BCUT2D eigenvalue weighted by Gasteiger charge is -2.34. The highest BCUT2D eigenvalue weighted by atomic mass is 16.3. The SMILES string of the molecule is CCCNC(=O)C(=O)NC[C@H](c1ccco1)N1CCc2ccccc2C1. The van der Waals surface area contributed by atoms with Gasteiger partial charge >= 0.3 is 11.8 Å². The Labute approximate surface area is 153 Å². The second-order valence-corrected chi connectivity index (χ2v) is 6.49. The van der Waals surface area contributed by atoms with E-state index in [0.717, 1.165) is 31.7 Å². The molecule has 1 aromatic heterocycles. The summed E-state index contributed by atoms with van der Waals surface area (Å²) in [6, 6.07) is 12.1. The summed E-state index contributed by atoms with van der Waals surface area (Å²) in [6.07, 6.45) is 3.38. The number of furan rings is 1. The molecular weight excluding hydrogens is 330 g/mol. The van der Waals surface area contributed by atoms with E-state index in [0.29, 0.717) is 13.1 Å². The van der Waals surface area contributed by atoms with Crippen LogP contribution in [0.3, 0.4) is 0 Å². The van der Waals surface area contributed by atoms with Crippen molar-refractivity contribution in [3.63, 3.8) is 0 Å². The number of carbonyl (C=O) groups is 2. The first-order valence-electron chi connectivity index (χ1n) is 9.09. The molecule has 1 aromatic carbocycles. The van der Waals surface area contributed by atoms with Crippen molar-refractivity contribution >= 4 is 11.8 Å². The first kappa shape index (κ1) is 18.2. The summed E-state index contributed by atoms with van der Waals surface area (Å²) in [5, 5.41) is 5.34. The average molecular weight is 355 g/mol. The Morgan fingerprint density at radius 3 is 2.62 bits per heavy atom. The van der Waals surface area contributed by atoms with Crippen LogP contribution in [0.4, 0.5) is 0 Å². The molecule has 3 rings (SSSR count). The van der Waals surface area contributed by atoms with Crippen molar-refractivity contribution in [2.75, 3.05) is 19.6 Å². The number of carbonyl (C=O) groups excluding carboxylic acids is 2. The van der Waals surface area contributed by atoms with E-state index in [2.05, 4.69) is 33.7 Å². The van der Waals surface area contributed by atoms with Crippen LogP contribution in [0, 0.1) is 0 Å². The quantitative estimate of drug-likeness (QED) is 0.778. The van der Waals surface area contributed by atoms with Gasteiger partial charge in [-0.05, 0) is 36.1 Å². The van der Waals surface area contributed by atoms with E-state index in [4.69, 9.17) is 4.42 Å². The smallest absolute Gasteiger partial charge is 0.309 e. The molecule has 0 spiro atoms. The van der Waals surface area contributed by atoms with Crippen LogP contribution >= 0.6 is 0 Å². The normalized spacial score (nSPS) is 15.1. The summed E-state index contributed by atoms with van der Waals surface area (Å²) in [5.74, 6) is -0.403. The molecule has 0 unspecified atom stereocenters. The van der Waals surface area contributed by atoms with Gasteiger partial charge in [0, 0.05) is 26.2 Å².